The summed E-state index contributed by atoms with van der Waals surface area (Å²) in [5.41, 5.74) is -0.500. The number of benzene rings is 1. The Morgan fingerprint density at radius 3 is 2.60 bits per heavy atom. The third kappa shape index (κ3) is 1.97. The lowest BCUT2D eigenvalue weighted by molar-refractivity contribution is -0.386. The predicted octanol–water partition coefficient (Wildman–Crippen LogP) is 1.86. The molecule has 0 fully saturated rings. The molecule has 2 aromatic rings. The van der Waals surface area contributed by atoms with Gasteiger partial charge in [0.25, 0.3) is 0 Å². The number of aromatic nitrogens is 1. The molecule has 6 heteroatoms. The van der Waals surface area contributed by atoms with Gasteiger partial charge >= 0.3 is 11.2 Å². The maximum absolute atomic E-state index is 11.2. The van der Waals surface area contributed by atoms with Crippen molar-refractivity contribution in [3.05, 3.63) is 50.8 Å². The molecule has 0 atom stereocenters. The van der Waals surface area contributed by atoms with Crippen LogP contribution in [0.1, 0.15) is 0 Å². The Bertz CT molecular complexity index is 565. The van der Waals surface area contributed by atoms with Crippen molar-refractivity contribution in [1.29, 1.82) is 0 Å². The van der Waals surface area contributed by atoms with Crippen LogP contribution in [-0.2, 0) is 0 Å². The zero-order valence-corrected chi connectivity index (χ0v) is 8.28. The number of para-hydroxylation sites is 1. The first kappa shape index (κ1) is 11.2. The first-order chi connectivity index (χ1) is 6.68. The van der Waals surface area contributed by atoms with Crippen molar-refractivity contribution in [2.24, 2.45) is 0 Å². The zero-order valence-electron chi connectivity index (χ0n) is 7.47. The summed E-state index contributed by atoms with van der Waals surface area (Å²) in [6.45, 7) is 0. The fourth-order valence-corrected chi connectivity index (χ4v) is 1.27. The maximum atomic E-state index is 11.2. The number of halogens is 1. The highest BCUT2D eigenvalue weighted by Crippen LogP contribution is 2.13. The van der Waals surface area contributed by atoms with E-state index in [1.807, 2.05) is 0 Å². The lowest BCUT2D eigenvalue weighted by Gasteiger charge is -1.95. The summed E-state index contributed by atoms with van der Waals surface area (Å²) >= 11 is 0. The minimum absolute atomic E-state index is 0. The molecule has 1 aromatic heterocycles. The summed E-state index contributed by atoms with van der Waals surface area (Å²) in [5.74, 6) is 0. The minimum Gasteiger partial charge on any atom is -0.316 e. The van der Waals surface area contributed by atoms with Crippen molar-refractivity contribution in [3.63, 3.8) is 0 Å². The lowest BCUT2D eigenvalue weighted by atomic mass is 10.2. The van der Waals surface area contributed by atoms with Gasteiger partial charge < -0.3 is 4.98 Å². The number of nitro groups is 1. The number of pyridine rings is 1. The summed E-state index contributed by atoms with van der Waals surface area (Å²) in [6, 6.07) is 8.18. The van der Waals surface area contributed by atoms with Gasteiger partial charge in [-0.25, -0.2) is 0 Å². The molecule has 0 spiro atoms. The lowest BCUT2D eigenvalue weighted by Crippen LogP contribution is -2.10. The standard InChI is InChI=1S/C9H6N2O3.ClH/c12-9-8(11(13)14)5-6-3-1-2-4-7(6)10-9;/h1-5H,(H,10,12);1H. The van der Waals surface area contributed by atoms with Gasteiger partial charge in [0.15, 0.2) is 0 Å². The van der Waals surface area contributed by atoms with Crippen LogP contribution in [0, 0.1) is 10.1 Å². The molecular weight excluding hydrogens is 220 g/mol. The van der Waals surface area contributed by atoms with Gasteiger partial charge in [0.1, 0.15) is 0 Å². The fourth-order valence-electron chi connectivity index (χ4n) is 1.27. The van der Waals surface area contributed by atoms with Crippen LogP contribution in [-0.4, -0.2) is 9.91 Å². The van der Waals surface area contributed by atoms with E-state index in [-0.39, 0.29) is 12.4 Å². The number of H-pyrrole nitrogens is 1. The number of hydrogen-bond donors (Lipinski definition) is 1. The van der Waals surface area contributed by atoms with Crippen molar-refractivity contribution in [1.82, 2.24) is 4.98 Å². The van der Waals surface area contributed by atoms with Crippen LogP contribution in [0.25, 0.3) is 10.9 Å². The van der Waals surface area contributed by atoms with E-state index >= 15 is 0 Å². The highest BCUT2D eigenvalue weighted by molar-refractivity contribution is 5.85. The molecule has 0 amide bonds. The molecule has 0 unspecified atom stereocenters. The Morgan fingerprint density at radius 1 is 1.27 bits per heavy atom. The van der Waals surface area contributed by atoms with E-state index in [0.717, 1.165) is 0 Å². The molecule has 1 heterocycles. The Hall–Kier alpha value is -1.88. The molecule has 0 radical (unpaired) electrons. The monoisotopic (exact) mass is 226 g/mol. The van der Waals surface area contributed by atoms with Gasteiger partial charge in [-0.2, -0.15) is 0 Å². The normalized spacial score (nSPS) is 9.60. The van der Waals surface area contributed by atoms with Gasteiger partial charge in [-0.1, -0.05) is 18.2 Å². The first-order valence-electron chi connectivity index (χ1n) is 3.95. The van der Waals surface area contributed by atoms with Crippen molar-refractivity contribution in [2.75, 3.05) is 0 Å². The molecule has 0 aliphatic heterocycles. The number of nitrogens with zero attached hydrogens (tertiary/aromatic N) is 1. The molecule has 0 saturated heterocycles. The molecule has 1 N–H and O–H groups in total. The Morgan fingerprint density at radius 2 is 1.93 bits per heavy atom. The third-order valence-electron chi connectivity index (χ3n) is 1.93. The topological polar surface area (TPSA) is 76.0 Å². The SMILES string of the molecule is Cl.O=c1[nH]c2ccccc2cc1[N+](=O)[O-]. The van der Waals surface area contributed by atoms with E-state index in [0.29, 0.717) is 10.9 Å². The van der Waals surface area contributed by atoms with Crippen molar-refractivity contribution >= 4 is 29.0 Å². The Kier molecular flexibility index (Phi) is 3.06. The number of hydrogen-bond acceptors (Lipinski definition) is 3. The number of fused-ring (bicyclic) bond motifs is 1. The number of aromatic amines is 1. The molecule has 1 aromatic carbocycles. The van der Waals surface area contributed by atoms with Crippen molar-refractivity contribution < 1.29 is 4.92 Å². The van der Waals surface area contributed by atoms with Gasteiger partial charge in [0, 0.05) is 17.0 Å². The summed E-state index contributed by atoms with van der Waals surface area (Å²) in [7, 11) is 0. The molecule has 2 rings (SSSR count). The molecule has 0 aliphatic rings. The van der Waals surface area contributed by atoms with Gasteiger partial charge in [-0.15, -0.1) is 12.4 Å². The van der Waals surface area contributed by atoms with Gasteiger partial charge in [-0.3, -0.25) is 14.9 Å². The smallest absolute Gasteiger partial charge is 0.316 e. The molecule has 0 saturated carbocycles. The summed E-state index contributed by atoms with van der Waals surface area (Å²) in [6.07, 6.45) is 0. The number of nitrogens with one attached hydrogen (secondary N) is 1. The largest absolute Gasteiger partial charge is 0.334 e. The first-order valence-corrected chi connectivity index (χ1v) is 3.95. The molecule has 78 valence electrons. The summed E-state index contributed by atoms with van der Waals surface area (Å²) in [4.78, 5) is 23.4. The fraction of sp³-hybridized carbons (Fsp3) is 0. The summed E-state index contributed by atoms with van der Waals surface area (Å²) < 4.78 is 0. The van der Waals surface area contributed by atoms with Crippen LogP contribution in [0.15, 0.2) is 35.1 Å². The average molecular weight is 227 g/mol. The van der Waals surface area contributed by atoms with Gasteiger partial charge in [-0.05, 0) is 6.07 Å². The van der Waals surface area contributed by atoms with E-state index in [2.05, 4.69) is 4.98 Å². The zero-order chi connectivity index (χ0) is 10.1. The second-order valence-corrected chi connectivity index (χ2v) is 2.83. The second kappa shape index (κ2) is 4.10. The van der Waals surface area contributed by atoms with E-state index in [1.165, 1.54) is 6.07 Å². The van der Waals surface area contributed by atoms with Crippen LogP contribution < -0.4 is 5.56 Å². The Labute approximate surface area is 90.3 Å². The molecule has 0 aliphatic carbocycles. The van der Waals surface area contributed by atoms with Crippen LogP contribution in [0.2, 0.25) is 0 Å². The van der Waals surface area contributed by atoms with E-state index in [4.69, 9.17) is 0 Å². The Balaban J connectivity index is 0.00000112. The van der Waals surface area contributed by atoms with Gasteiger partial charge in [0.2, 0.25) is 0 Å². The second-order valence-electron chi connectivity index (χ2n) is 2.83. The van der Waals surface area contributed by atoms with Crippen molar-refractivity contribution in [3.8, 4) is 0 Å². The molecular formula is C9H7ClN2O3. The number of rotatable bonds is 1. The highest BCUT2D eigenvalue weighted by Gasteiger charge is 2.12. The van der Waals surface area contributed by atoms with Crippen LogP contribution in [0.4, 0.5) is 5.69 Å². The maximum Gasteiger partial charge on any atom is 0.334 e. The van der Waals surface area contributed by atoms with Gasteiger partial charge in [0.05, 0.1) is 4.92 Å². The predicted molar refractivity (Wildman–Crippen MR) is 58.5 cm³/mol. The van der Waals surface area contributed by atoms with Crippen molar-refractivity contribution in [2.45, 2.75) is 0 Å². The average Bonchev–Trinajstić information content (AvgIpc) is 2.16. The van der Waals surface area contributed by atoms with Crippen LogP contribution in [0.3, 0.4) is 0 Å². The quantitative estimate of drug-likeness (QED) is 0.596. The third-order valence-corrected chi connectivity index (χ3v) is 1.93. The molecule has 0 bridgehead atoms. The van der Waals surface area contributed by atoms with Crippen LogP contribution >= 0.6 is 12.4 Å². The van der Waals surface area contributed by atoms with E-state index < -0.39 is 16.2 Å². The van der Waals surface area contributed by atoms with E-state index in [1.54, 1.807) is 24.3 Å². The summed E-state index contributed by atoms with van der Waals surface area (Å²) in [5, 5.41) is 11.1. The molecule has 5 nitrogen and oxygen atoms in total. The van der Waals surface area contributed by atoms with E-state index in [9.17, 15) is 14.9 Å². The minimum atomic E-state index is -0.689. The van der Waals surface area contributed by atoms with Crippen LogP contribution in [0.5, 0.6) is 0 Å². The highest BCUT2D eigenvalue weighted by atomic mass is 35.5. The molecule has 15 heavy (non-hydrogen) atoms.